The van der Waals surface area contributed by atoms with Gasteiger partial charge in [-0.15, -0.1) is 0 Å². The van der Waals surface area contributed by atoms with Crippen LogP contribution in [0.25, 0.3) is 11.1 Å². The molecule has 0 N–H and O–H groups in total. The summed E-state index contributed by atoms with van der Waals surface area (Å²) >= 11 is 0. The number of oxime groups is 1. The van der Waals surface area contributed by atoms with Gasteiger partial charge >= 0.3 is 0 Å². The van der Waals surface area contributed by atoms with Gasteiger partial charge in [-0.05, 0) is 23.3 Å². The summed E-state index contributed by atoms with van der Waals surface area (Å²) in [5, 5.41) is 4.05. The second-order valence-electron chi connectivity index (χ2n) is 7.77. The molecule has 0 bridgehead atoms. The van der Waals surface area contributed by atoms with E-state index in [1.807, 2.05) is 59.5 Å². The Kier molecular flexibility index (Phi) is 6.62. The molecule has 162 valence electrons. The maximum Gasteiger partial charge on any atom is 0.254 e. The number of nitrogens with zero attached hydrogens (tertiary/aromatic N) is 3. The van der Waals surface area contributed by atoms with Gasteiger partial charge in [-0.25, -0.2) is 0 Å². The van der Waals surface area contributed by atoms with E-state index in [4.69, 9.17) is 9.57 Å². The lowest BCUT2D eigenvalue weighted by molar-refractivity contribution is -0.136. The molecule has 7 heteroatoms. The van der Waals surface area contributed by atoms with Crippen molar-refractivity contribution in [3.8, 4) is 11.1 Å². The molecule has 0 saturated carbocycles. The first kappa shape index (κ1) is 21.1. The lowest BCUT2D eigenvalue weighted by Gasteiger charge is -2.30. The summed E-state index contributed by atoms with van der Waals surface area (Å²) in [6, 6.07) is 17.4. The highest BCUT2D eigenvalue weighted by Gasteiger charge is 2.36. The molecule has 0 aliphatic carbocycles. The molecule has 2 aromatic carbocycles. The third kappa shape index (κ3) is 4.94. The number of hydrogen-bond donors (Lipinski definition) is 0. The number of ether oxygens (including phenoxy) is 1. The normalized spacial score (nSPS) is 20.2. The molecule has 0 radical (unpaired) electrons. The first-order chi connectivity index (χ1) is 15.2. The zero-order valence-electron chi connectivity index (χ0n) is 17.7. The van der Waals surface area contributed by atoms with Crippen molar-refractivity contribution in [1.82, 2.24) is 9.80 Å². The van der Waals surface area contributed by atoms with E-state index >= 15 is 0 Å². The topological polar surface area (TPSA) is 71.4 Å². The van der Waals surface area contributed by atoms with Gasteiger partial charge in [0, 0.05) is 37.5 Å². The van der Waals surface area contributed by atoms with Gasteiger partial charge in [0.1, 0.15) is 7.11 Å². The van der Waals surface area contributed by atoms with Crippen molar-refractivity contribution in [2.24, 2.45) is 5.16 Å². The summed E-state index contributed by atoms with van der Waals surface area (Å²) < 4.78 is 5.33. The van der Waals surface area contributed by atoms with Crippen LogP contribution in [0.1, 0.15) is 23.2 Å². The van der Waals surface area contributed by atoms with Gasteiger partial charge in [0.25, 0.3) is 5.91 Å². The quantitative estimate of drug-likeness (QED) is 0.696. The second kappa shape index (κ2) is 9.75. The fourth-order valence-electron chi connectivity index (χ4n) is 4.13. The van der Waals surface area contributed by atoms with Gasteiger partial charge in [0.2, 0.25) is 5.91 Å². The number of benzene rings is 2. The number of amides is 2. The van der Waals surface area contributed by atoms with Gasteiger partial charge in [-0.3, -0.25) is 9.59 Å². The van der Waals surface area contributed by atoms with Crippen LogP contribution in [0.4, 0.5) is 0 Å². The largest absolute Gasteiger partial charge is 0.399 e. The fraction of sp³-hybridized carbons (Fsp3) is 0.375. The summed E-state index contributed by atoms with van der Waals surface area (Å²) in [5.41, 5.74) is 3.53. The Morgan fingerprint density at radius 3 is 2.39 bits per heavy atom. The molecule has 2 amide bonds. The highest BCUT2D eigenvalue weighted by molar-refractivity contribution is 6.01. The Morgan fingerprint density at radius 2 is 1.71 bits per heavy atom. The molecule has 0 aromatic heterocycles. The zero-order valence-corrected chi connectivity index (χ0v) is 17.7. The smallest absolute Gasteiger partial charge is 0.254 e. The third-order valence-corrected chi connectivity index (χ3v) is 5.76. The minimum absolute atomic E-state index is 0.0455. The molecule has 4 rings (SSSR count). The summed E-state index contributed by atoms with van der Waals surface area (Å²) in [6.45, 7) is 2.68. The maximum atomic E-state index is 13.3. The zero-order chi connectivity index (χ0) is 21.6. The van der Waals surface area contributed by atoms with Crippen molar-refractivity contribution in [2.75, 3.05) is 40.0 Å². The van der Waals surface area contributed by atoms with Crippen molar-refractivity contribution in [2.45, 2.75) is 18.9 Å². The number of carbonyl (C=O) groups is 2. The van der Waals surface area contributed by atoms with Gasteiger partial charge in [0.15, 0.2) is 0 Å². The van der Waals surface area contributed by atoms with Crippen molar-refractivity contribution in [3.05, 3.63) is 60.2 Å². The summed E-state index contributed by atoms with van der Waals surface area (Å²) in [7, 11) is 1.49. The number of likely N-dealkylation sites (tertiary alicyclic amines) is 1. The Bertz CT molecular complexity index is 937. The van der Waals surface area contributed by atoms with Gasteiger partial charge in [-0.2, -0.15) is 0 Å². The van der Waals surface area contributed by atoms with Crippen molar-refractivity contribution >= 4 is 17.5 Å². The highest BCUT2D eigenvalue weighted by atomic mass is 16.6. The molecule has 7 nitrogen and oxygen atoms in total. The monoisotopic (exact) mass is 421 g/mol. The van der Waals surface area contributed by atoms with Crippen LogP contribution in [0, 0.1) is 0 Å². The average Bonchev–Trinajstić information content (AvgIpc) is 3.22. The minimum atomic E-state index is -0.231. The molecular formula is C24H27N3O4. The Balaban J connectivity index is 1.49. The number of carbonyl (C=O) groups excluding carboxylic acids is 2. The van der Waals surface area contributed by atoms with Crippen LogP contribution in [-0.2, 0) is 14.4 Å². The molecule has 2 saturated heterocycles. The summed E-state index contributed by atoms with van der Waals surface area (Å²) in [5.74, 6) is -0.0510. The lowest BCUT2D eigenvalue weighted by atomic mass is 10.0. The van der Waals surface area contributed by atoms with E-state index < -0.39 is 0 Å². The molecule has 2 aliphatic heterocycles. The number of hydrogen-bond acceptors (Lipinski definition) is 5. The van der Waals surface area contributed by atoms with E-state index in [-0.39, 0.29) is 24.3 Å². The molecule has 31 heavy (non-hydrogen) atoms. The van der Waals surface area contributed by atoms with E-state index in [1.54, 1.807) is 4.90 Å². The number of rotatable bonds is 5. The molecule has 1 atom stereocenters. The van der Waals surface area contributed by atoms with Gasteiger partial charge in [-0.1, -0.05) is 47.6 Å². The molecule has 2 aromatic rings. The summed E-state index contributed by atoms with van der Waals surface area (Å²) in [6.07, 6.45) is 0.814. The van der Waals surface area contributed by atoms with Gasteiger partial charge < -0.3 is 19.4 Å². The predicted octanol–water partition coefficient (Wildman–Crippen LogP) is 2.82. The first-order valence-corrected chi connectivity index (χ1v) is 10.6. The van der Waals surface area contributed by atoms with Crippen LogP contribution in [0.5, 0.6) is 0 Å². The molecule has 2 aliphatic rings. The molecule has 2 heterocycles. The van der Waals surface area contributed by atoms with Crippen molar-refractivity contribution in [3.63, 3.8) is 0 Å². The first-order valence-electron chi connectivity index (χ1n) is 10.6. The Hall–Kier alpha value is -3.19. The minimum Gasteiger partial charge on any atom is -0.399 e. The van der Waals surface area contributed by atoms with Crippen molar-refractivity contribution in [1.29, 1.82) is 0 Å². The maximum absolute atomic E-state index is 13.3. The number of morpholine rings is 1. The summed E-state index contributed by atoms with van der Waals surface area (Å²) in [4.78, 5) is 34.6. The SMILES string of the molecule is CON=C1CC(CC(=O)N2CCOCC2)N(C(=O)c2ccc(-c3ccccc3)cc2)C1. The predicted molar refractivity (Wildman–Crippen MR) is 118 cm³/mol. The molecule has 1 unspecified atom stereocenters. The molecule has 2 fully saturated rings. The Morgan fingerprint density at radius 1 is 1.03 bits per heavy atom. The van der Waals surface area contributed by atoms with E-state index in [0.29, 0.717) is 44.8 Å². The third-order valence-electron chi connectivity index (χ3n) is 5.76. The van der Waals surface area contributed by atoms with Crippen LogP contribution in [0.15, 0.2) is 59.8 Å². The molecule has 0 spiro atoms. The highest BCUT2D eigenvalue weighted by Crippen LogP contribution is 2.25. The van der Waals surface area contributed by atoms with Gasteiger partial charge in [0.05, 0.1) is 25.5 Å². The van der Waals surface area contributed by atoms with E-state index in [9.17, 15) is 9.59 Å². The van der Waals surface area contributed by atoms with Crippen LogP contribution in [0.3, 0.4) is 0 Å². The Labute approximate surface area is 182 Å². The molecular weight excluding hydrogens is 394 g/mol. The van der Waals surface area contributed by atoms with E-state index in [0.717, 1.165) is 16.8 Å². The average molecular weight is 421 g/mol. The fourth-order valence-corrected chi connectivity index (χ4v) is 4.13. The van der Waals surface area contributed by atoms with E-state index in [1.165, 1.54) is 7.11 Å². The van der Waals surface area contributed by atoms with E-state index in [2.05, 4.69) is 5.16 Å². The van der Waals surface area contributed by atoms with Crippen LogP contribution < -0.4 is 0 Å². The van der Waals surface area contributed by atoms with Crippen LogP contribution in [0.2, 0.25) is 0 Å². The van der Waals surface area contributed by atoms with Crippen LogP contribution >= 0.6 is 0 Å². The second-order valence-corrected chi connectivity index (χ2v) is 7.77. The lowest BCUT2D eigenvalue weighted by Crippen LogP contribution is -2.44. The van der Waals surface area contributed by atoms with Crippen LogP contribution in [-0.4, -0.2) is 73.3 Å². The van der Waals surface area contributed by atoms with Crippen molar-refractivity contribution < 1.29 is 19.2 Å². The standard InChI is InChI=1S/C24H27N3O4/c1-30-25-21-15-22(16-23(28)26-11-13-31-14-12-26)27(17-21)24(29)20-9-7-19(8-10-20)18-5-3-2-4-6-18/h2-10,22H,11-17H2,1H3.